The summed E-state index contributed by atoms with van der Waals surface area (Å²) in [4.78, 5) is 12.6. The third-order valence-electron chi connectivity index (χ3n) is 2.99. The number of nitrogens with one attached hydrogen (secondary N) is 1. The van der Waals surface area contributed by atoms with Gasteiger partial charge >= 0.3 is 0 Å². The van der Waals surface area contributed by atoms with Gasteiger partial charge in [0.1, 0.15) is 4.88 Å². The molecule has 0 bridgehead atoms. The quantitative estimate of drug-likeness (QED) is 0.830. The number of amides is 1. The van der Waals surface area contributed by atoms with E-state index in [0.29, 0.717) is 46.0 Å². The van der Waals surface area contributed by atoms with E-state index in [-0.39, 0.29) is 5.91 Å². The summed E-state index contributed by atoms with van der Waals surface area (Å²) in [5.74, 6) is 0.877. The first-order valence-electron chi connectivity index (χ1n) is 6.38. The minimum atomic E-state index is -0.295. The lowest BCUT2D eigenvalue weighted by atomic mass is 10.2. The summed E-state index contributed by atoms with van der Waals surface area (Å²) in [6, 6.07) is 5.01. The number of fused-ring (bicyclic) bond motifs is 1. The summed E-state index contributed by atoms with van der Waals surface area (Å²) in [5, 5.41) is 4.93. The van der Waals surface area contributed by atoms with Gasteiger partial charge in [-0.25, -0.2) is 0 Å². The molecular weight excluding hydrogens is 312 g/mol. The largest absolute Gasteiger partial charge is 0.489 e. The number of nitrogens with two attached hydrogens (primary N) is 1. The number of hydrogen-bond donors (Lipinski definition) is 2. The van der Waals surface area contributed by atoms with Crippen LogP contribution in [-0.2, 0) is 0 Å². The van der Waals surface area contributed by atoms with Crippen LogP contribution >= 0.6 is 22.9 Å². The number of nitrogen functional groups attached to an aromatic ring is 1. The molecule has 3 N–H and O–H groups in total. The number of carbonyl (C=O) groups is 1. The minimum absolute atomic E-state index is 0.295. The molecule has 110 valence electrons. The molecule has 1 aromatic carbocycles. The molecule has 0 fully saturated rings. The molecular formula is C14H13ClN2O3S. The van der Waals surface area contributed by atoms with Gasteiger partial charge in [0.2, 0.25) is 0 Å². The van der Waals surface area contributed by atoms with Crippen molar-refractivity contribution < 1.29 is 14.3 Å². The number of anilines is 2. The zero-order chi connectivity index (χ0) is 14.8. The molecule has 7 heteroatoms. The van der Waals surface area contributed by atoms with Crippen molar-refractivity contribution >= 4 is 40.2 Å². The lowest BCUT2D eigenvalue weighted by molar-refractivity contribution is 0.103. The Morgan fingerprint density at radius 1 is 1.29 bits per heavy atom. The highest BCUT2D eigenvalue weighted by Crippen LogP contribution is 2.37. The summed E-state index contributed by atoms with van der Waals surface area (Å²) >= 11 is 7.23. The topological polar surface area (TPSA) is 73.6 Å². The highest BCUT2D eigenvalue weighted by molar-refractivity contribution is 7.12. The molecule has 0 atom stereocenters. The van der Waals surface area contributed by atoms with Crippen molar-refractivity contribution in [2.24, 2.45) is 0 Å². The van der Waals surface area contributed by atoms with Gasteiger partial charge in [0, 0.05) is 18.6 Å². The van der Waals surface area contributed by atoms with Gasteiger partial charge in [-0.05, 0) is 11.4 Å². The van der Waals surface area contributed by atoms with Crippen LogP contribution in [0.15, 0.2) is 23.6 Å². The van der Waals surface area contributed by atoms with Gasteiger partial charge in [0.25, 0.3) is 5.91 Å². The van der Waals surface area contributed by atoms with Crippen LogP contribution in [0.3, 0.4) is 0 Å². The van der Waals surface area contributed by atoms with E-state index in [1.54, 1.807) is 23.6 Å². The Kier molecular flexibility index (Phi) is 3.90. The van der Waals surface area contributed by atoms with Crippen molar-refractivity contribution in [3.63, 3.8) is 0 Å². The Morgan fingerprint density at radius 3 is 2.67 bits per heavy atom. The number of ether oxygens (including phenoxy) is 2. The van der Waals surface area contributed by atoms with E-state index >= 15 is 0 Å². The first-order valence-corrected chi connectivity index (χ1v) is 7.64. The number of halogens is 1. The van der Waals surface area contributed by atoms with Crippen molar-refractivity contribution in [1.82, 2.24) is 0 Å². The highest BCUT2D eigenvalue weighted by atomic mass is 35.5. The van der Waals surface area contributed by atoms with Crippen LogP contribution < -0.4 is 20.5 Å². The van der Waals surface area contributed by atoms with Crippen LogP contribution in [0.4, 0.5) is 11.4 Å². The summed E-state index contributed by atoms with van der Waals surface area (Å²) in [6.45, 7) is 1.16. The van der Waals surface area contributed by atoms with Gasteiger partial charge in [-0.3, -0.25) is 4.79 Å². The van der Waals surface area contributed by atoms with Gasteiger partial charge in [-0.15, -0.1) is 11.3 Å². The van der Waals surface area contributed by atoms with E-state index in [1.807, 2.05) is 0 Å². The number of hydrogen-bond acceptors (Lipinski definition) is 5. The minimum Gasteiger partial charge on any atom is -0.489 e. The van der Waals surface area contributed by atoms with Crippen LogP contribution in [0.1, 0.15) is 16.1 Å². The fraction of sp³-hybridized carbons (Fsp3) is 0.214. The summed E-state index contributed by atoms with van der Waals surface area (Å²) in [7, 11) is 0. The molecule has 5 nitrogen and oxygen atoms in total. The van der Waals surface area contributed by atoms with Gasteiger partial charge < -0.3 is 20.5 Å². The summed E-state index contributed by atoms with van der Waals surface area (Å²) < 4.78 is 11.1. The van der Waals surface area contributed by atoms with E-state index in [4.69, 9.17) is 26.8 Å². The van der Waals surface area contributed by atoms with Crippen molar-refractivity contribution in [3.05, 3.63) is 33.5 Å². The molecule has 0 aliphatic carbocycles. The second kappa shape index (κ2) is 5.83. The number of thiophene rings is 1. The Balaban J connectivity index is 1.87. The lowest BCUT2D eigenvalue weighted by Crippen LogP contribution is -2.12. The lowest BCUT2D eigenvalue weighted by Gasteiger charge is -2.13. The van der Waals surface area contributed by atoms with E-state index in [9.17, 15) is 4.79 Å². The zero-order valence-electron chi connectivity index (χ0n) is 11.0. The third-order valence-corrected chi connectivity index (χ3v) is 4.33. The summed E-state index contributed by atoms with van der Waals surface area (Å²) in [5.41, 5.74) is 6.85. The van der Waals surface area contributed by atoms with Crippen LogP contribution in [0, 0.1) is 0 Å². The Labute approximate surface area is 130 Å². The molecule has 0 saturated carbocycles. The number of carbonyl (C=O) groups excluding carboxylic acids is 1. The molecule has 2 aromatic rings. The average molecular weight is 325 g/mol. The molecule has 0 spiro atoms. The van der Waals surface area contributed by atoms with Gasteiger partial charge in [-0.2, -0.15) is 0 Å². The van der Waals surface area contributed by atoms with E-state index in [1.165, 1.54) is 11.3 Å². The third kappa shape index (κ3) is 2.91. The maximum atomic E-state index is 12.2. The molecule has 21 heavy (non-hydrogen) atoms. The molecule has 1 amide bonds. The van der Waals surface area contributed by atoms with Crippen molar-refractivity contribution in [3.8, 4) is 11.5 Å². The van der Waals surface area contributed by atoms with Crippen LogP contribution in [0.25, 0.3) is 0 Å². The smallest absolute Gasteiger partial charge is 0.267 e. The van der Waals surface area contributed by atoms with Crippen molar-refractivity contribution in [2.45, 2.75) is 6.42 Å². The average Bonchev–Trinajstić information content (AvgIpc) is 2.75. The molecule has 2 heterocycles. The predicted octanol–water partition coefficient (Wildman–Crippen LogP) is 3.40. The fourth-order valence-electron chi connectivity index (χ4n) is 1.97. The van der Waals surface area contributed by atoms with E-state index in [2.05, 4.69) is 5.32 Å². The Morgan fingerprint density at radius 2 is 2.00 bits per heavy atom. The molecule has 0 unspecified atom stereocenters. The second-order valence-electron chi connectivity index (χ2n) is 4.49. The SMILES string of the molecule is Nc1cc2c(cc1NC(=O)c1sccc1Cl)OCCCO2. The first kappa shape index (κ1) is 14.0. The predicted molar refractivity (Wildman–Crippen MR) is 83.7 cm³/mol. The standard InChI is InChI=1S/C14H13ClN2O3S/c15-8-2-5-21-13(8)14(18)17-10-7-12-11(6-9(10)16)19-3-1-4-20-12/h2,5-7H,1,3-4,16H2,(H,17,18). The van der Waals surface area contributed by atoms with Crippen LogP contribution in [0.5, 0.6) is 11.5 Å². The van der Waals surface area contributed by atoms with Crippen LogP contribution in [0.2, 0.25) is 5.02 Å². The molecule has 0 radical (unpaired) electrons. The molecule has 1 aliphatic heterocycles. The van der Waals surface area contributed by atoms with E-state index < -0.39 is 0 Å². The Bertz CT molecular complexity index is 687. The monoisotopic (exact) mass is 324 g/mol. The van der Waals surface area contributed by atoms with E-state index in [0.717, 1.165) is 6.42 Å². The van der Waals surface area contributed by atoms with Gasteiger partial charge in [0.05, 0.1) is 29.6 Å². The maximum Gasteiger partial charge on any atom is 0.267 e. The molecule has 1 aromatic heterocycles. The fourth-order valence-corrected chi connectivity index (χ4v) is 3.00. The zero-order valence-corrected chi connectivity index (χ0v) is 12.6. The first-order chi connectivity index (χ1) is 10.1. The molecule has 3 rings (SSSR count). The molecule has 1 aliphatic rings. The summed E-state index contributed by atoms with van der Waals surface area (Å²) in [6.07, 6.45) is 0.807. The molecule has 0 saturated heterocycles. The van der Waals surface area contributed by atoms with Gasteiger partial charge in [-0.1, -0.05) is 11.6 Å². The number of rotatable bonds is 2. The normalized spacial score (nSPS) is 13.6. The maximum absolute atomic E-state index is 12.2. The van der Waals surface area contributed by atoms with Gasteiger partial charge in [0.15, 0.2) is 11.5 Å². The van der Waals surface area contributed by atoms with Crippen molar-refractivity contribution in [1.29, 1.82) is 0 Å². The Hall–Kier alpha value is -1.92. The van der Waals surface area contributed by atoms with Crippen molar-refractivity contribution in [2.75, 3.05) is 24.3 Å². The van der Waals surface area contributed by atoms with Crippen LogP contribution in [-0.4, -0.2) is 19.1 Å². The number of benzene rings is 1. The second-order valence-corrected chi connectivity index (χ2v) is 5.81. The highest BCUT2D eigenvalue weighted by Gasteiger charge is 2.17.